The number of nitro groups is 1. The zero-order valence-corrected chi connectivity index (χ0v) is 8.25. The van der Waals surface area contributed by atoms with Gasteiger partial charge >= 0.3 is 0 Å². The molecule has 6 heteroatoms. The Morgan fingerprint density at radius 3 is 2.71 bits per heavy atom. The third-order valence-electron chi connectivity index (χ3n) is 1.77. The topological polar surface area (TPSA) is 78.4 Å². The van der Waals surface area contributed by atoms with Gasteiger partial charge in [-0.1, -0.05) is 11.6 Å². The largest absolute Gasteiger partial charge is 0.496 e. The third kappa shape index (κ3) is 1.94. The van der Waals surface area contributed by atoms with Crippen molar-refractivity contribution in [2.75, 3.05) is 7.11 Å². The van der Waals surface area contributed by atoms with Crippen LogP contribution in [-0.4, -0.2) is 12.0 Å². The Balaban J connectivity index is 3.30. The molecule has 76 valence electrons. The highest BCUT2D eigenvalue weighted by molar-refractivity contribution is 6.32. The maximum absolute atomic E-state index is 10.5. The molecular weight excluding hydrogens is 208 g/mol. The standard InChI is InChI=1S/C8H9ClN2O3/c1-14-8-3-7(11(12)13)6(9)2-5(8)4-10/h2-3H,4,10H2,1H3. The van der Waals surface area contributed by atoms with Crippen molar-refractivity contribution in [3.05, 3.63) is 32.8 Å². The Labute approximate surface area is 85.6 Å². The first-order valence-electron chi connectivity index (χ1n) is 3.81. The summed E-state index contributed by atoms with van der Waals surface area (Å²) in [5.41, 5.74) is 5.87. The van der Waals surface area contributed by atoms with Gasteiger partial charge in [-0.25, -0.2) is 0 Å². The lowest BCUT2D eigenvalue weighted by atomic mass is 10.2. The Kier molecular flexibility index (Phi) is 3.27. The monoisotopic (exact) mass is 216 g/mol. The first-order chi connectivity index (χ1) is 6.60. The molecule has 1 aromatic rings. The summed E-state index contributed by atoms with van der Waals surface area (Å²) in [5.74, 6) is 0.378. The molecule has 0 bridgehead atoms. The fraction of sp³-hybridized carbons (Fsp3) is 0.250. The zero-order valence-electron chi connectivity index (χ0n) is 7.49. The summed E-state index contributed by atoms with van der Waals surface area (Å²) in [5, 5.41) is 10.6. The quantitative estimate of drug-likeness (QED) is 0.616. The van der Waals surface area contributed by atoms with E-state index in [2.05, 4.69) is 0 Å². The van der Waals surface area contributed by atoms with Gasteiger partial charge in [0.25, 0.3) is 5.69 Å². The van der Waals surface area contributed by atoms with Crippen LogP contribution in [0.3, 0.4) is 0 Å². The molecule has 0 radical (unpaired) electrons. The van der Waals surface area contributed by atoms with Gasteiger partial charge in [0.15, 0.2) is 0 Å². The van der Waals surface area contributed by atoms with Gasteiger partial charge in [-0.05, 0) is 6.07 Å². The van der Waals surface area contributed by atoms with E-state index in [1.54, 1.807) is 0 Å². The number of hydrogen-bond acceptors (Lipinski definition) is 4. The van der Waals surface area contributed by atoms with Crippen LogP contribution in [0.2, 0.25) is 5.02 Å². The number of rotatable bonds is 3. The van der Waals surface area contributed by atoms with E-state index in [-0.39, 0.29) is 17.3 Å². The molecule has 0 heterocycles. The molecule has 1 rings (SSSR count). The molecule has 0 saturated heterocycles. The molecule has 0 aromatic heterocycles. The molecule has 1 aromatic carbocycles. The van der Waals surface area contributed by atoms with E-state index in [4.69, 9.17) is 22.1 Å². The fourth-order valence-electron chi connectivity index (χ4n) is 1.07. The van der Waals surface area contributed by atoms with Crippen LogP contribution in [0.5, 0.6) is 5.75 Å². The second-order valence-electron chi connectivity index (χ2n) is 2.58. The first kappa shape index (κ1) is 10.7. The zero-order chi connectivity index (χ0) is 10.7. The number of ether oxygens (including phenoxy) is 1. The normalized spacial score (nSPS) is 9.93. The average Bonchev–Trinajstić information content (AvgIpc) is 2.16. The van der Waals surface area contributed by atoms with Gasteiger partial charge in [0.1, 0.15) is 10.8 Å². The van der Waals surface area contributed by atoms with Crippen molar-refractivity contribution in [3.8, 4) is 5.75 Å². The van der Waals surface area contributed by atoms with Crippen molar-refractivity contribution in [1.29, 1.82) is 0 Å². The van der Waals surface area contributed by atoms with E-state index in [0.717, 1.165) is 0 Å². The number of benzene rings is 1. The molecule has 0 aliphatic carbocycles. The van der Waals surface area contributed by atoms with Crippen LogP contribution in [0, 0.1) is 10.1 Å². The fourth-order valence-corrected chi connectivity index (χ4v) is 1.33. The average molecular weight is 217 g/mol. The van der Waals surface area contributed by atoms with E-state index in [9.17, 15) is 10.1 Å². The van der Waals surface area contributed by atoms with E-state index >= 15 is 0 Å². The van der Waals surface area contributed by atoms with Crippen molar-refractivity contribution < 1.29 is 9.66 Å². The third-order valence-corrected chi connectivity index (χ3v) is 2.07. The number of nitro benzene ring substituents is 1. The molecule has 0 spiro atoms. The lowest BCUT2D eigenvalue weighted by Gasteiger charge is -2.06. The summed E-state index contributed by atoms with van der Waals surface area (Å²) in [6, 6.07) is 2.71. The van der Waals surface area contributed by atoms with Crippen molar-refractivity contribution in [2.45, 2.75) is 6.54 Å². The van der Waals surface area contributed by atoms with Crippen LogP contribution in [0.25, 0.3) is 0 Å². The molecule has 14 heavy (non-hydrogen) atoms. The molecule has 0 aliphatic rings. The lowest BCUT2D eigenvalue weighted by molar-refractivity contribution is -0.384. The van der Waals surface area contributed by atoms with Gasteiger partial charge in [-0.2, -0.15) is 0 Å². The van der Waals surface area contributed by atoms with Gasteiger partial charge in [0, 0.05) is 12.1 Å². The maximum Gasteiger partial charge on any atom is 0.291 e. The van der Waals surface area contributed by atoms with Gasteiger partial charge in [-0.15, -0.1) is 0 Å². The SMILES string of the molecule is COc1cc([N+](=O)[O-])c(Cl)cc1CN. The second-order valence-corrected chi connectivity index (χ2v) is 2.98. The number of nitrogens with zero attached hydrogens (tertiary/aromatic N) is 1. The first-order valence-corrected chi connectivity index (χ1v) is 4.18. The van der Waals surface area contributed by atoms with Crippen molar-refractivity contribution >= 4 is 17.3 Å². The molecule has 0 fully saturated rings. The second kappa shape index (κ2) is 4.26. The van der Waals surface area contributed by atoms with Crippen LogP contribution in [0.15, 0.2) is 12.1 Å². The van der Waals surface area contributed by atoms with Gasteiger partial charge in [0.05, 0.1) is 18.1 Å². The van der Waals surface area contributed by atoms with E-state index in [1.807, 2.05) is 0 Å². The predicted molar refractivity (Wildman–Crippen MR) is 52.5 cm³/mol. The number of halogens is 1. The van der Waals surface area contributed by atoms with E-state index in [0.29, 0.717) is 11.3 Å². The van der Waals surface area contributed by atoms with Crippen LogP contribution >= 0.6 is 11.6 Å². The van der Waals surface area contributed by atoms with Crippen LogP contribution < -0.4 is 10.5 Å². The summed E-state index contributed by atoms with van der Waals surface area (Å²) < 4.78 is 4.94. The number of hydrogen-bond donors (Lipinski definition) is 1. The van der Waals surface area contributed by atoms with E-state index in [1.165, 1.54) is 19.2 Å². The maximum atomic E-state index is 10.5. The highest BCUT2D eigenvalue weighted by Gasteiger charge is 2.16. The smallest absolute Gasteiger partial charge is 0.291 e. The molecule has 0 amide bonds. The Morgan fingerprint density at radius 2 is 2.29 bits per heavy atom. The highest BCUT2D eigenvalue weighted by atomic mass is 35.5. The summed E-state index contributed by atoms with van der Waals surface area (Å²) in [6.07, 6.45) is 0. The minimum absolute atomic E-state index is 0.0660. The van der Waals surface area contributed by atoms with Crippen LogP contribution in [0.4, 0.5) is 5.69 Å². The number of methoxy groups -OCH3 is 1. The molecule has 0 atom stereocenters. The molecule has 0 saturated carbocycles. The number of nitrogens with two attached hydrogens (primary N) is 1. The Hall–Kier alpha value is -1.33. The molecule has 0 unspecified atom stereocenters. The van der Waals surface area contributed by atoms with Gasteiger partial charge in [-0.3, -0.25) is 10.1 Å². The summed E-state index contributed by atoms with van der Waals surface area (Å²) >= 11 is 5.68. The Bertz CT molecular complexity index is 368. The van der Waals surface area contributed by atoms with Crippen molar-refractivity contribution in [2.24, 2.45) is 5.73 Å². The van der Waals surface area contributed by atoms with E-state index < -0.39 is 4.92 Å². The van der Waals surface area contributed by atoms with Crippen molar-refractivity contribution in [3.63, 3.8) is 0 Å². The minimum atomic E-state index is -0.564. The van der Waals surface area contributed by atoms with Crippen LogP contribution in [0.1, 0.15) is 5.56 Å². The predicted octanol–water partition coefficient (Wildman–Crippen LogP) is 1.72. The molecular formula is C8H9ClN2O3. The van der Waals surface area contributed by atoms with Crippen molar-refractivity contribution in [1.82, 2.24) is 0 Å². The summed E-state index contributed by atoms with van der Waals surface area (Å²) in [7, 11) is 1.42. The molecule has 2 N–H and O–H groups in total. The Morgan fingerprint density at radius 1 is 1.64 bits per heavy atom. The van der Waals surface area contributed by atoms with Gasteiger partial charge in [0.2, 0.25) is 0 Å². The molecule has 0 aliphatic heterocycles. The minimum Gasteiger partial charge on any atom is -0.496 e. The summed E-state index contributed by atoms with van der Waals surface area (Å²) in [4.78, 5) is 9.96. The highest BCUT2D eigenvalue weighted by Crippen LogP contribution is 2.31. The lowest BCUT2D eigenvalue weighted by Crippen LogP contribution is -2.01. The van der Waals surface area contributed by atoms with Crippen LogP contribution in [-0.2, 0) is 6.54 Å². The summed E-state index contributed by atoms with van der Waals surface area (Å²) in [6.45, 7) is 0.223. The van der Waals surface area contributed by atoms with Gasteiger partial charge < -0.3 is 10.5 Å². The molecule has 5 nitrogen and oxygen atoms in total.